The van der Waals surface area contributed by atoms with Gasteiger partial charge >= 0.3 is 0 Å². The first kappa shape index (κ1) is 10.4. The number of hydrogen-bond donors (Lipinski definition) is 3. The molecular weight excluding hydrogens is 174 g/mol. The average Bonchev–Trinajstić information content (AvgIpc) is 2.66. The lowest BCUT2D eigenvalue weighted by Gasteiger charge is -2.16. The second kappa shape index (κ2) is 5.16. The van der Waals surface area contributed by atoms with E-state index in [2.05, 4.69) is 5.32 Å². The standard InChI is InChI=1S/C8H15NO4/c10-4-6(5-11)9-8(12)7-2-1-3-13-7/h6-7,10-11H,1-5H2,(H,9,12)/t7-/m1/s1. The minimum atomic E-state index is -0.573. The van der Waals surface area contributed by atoms with Crippen LogP contribution in [0.1, 0.15) is 12.8 Å². The van der Waals surface area contributed by atoms with Gasteiger partial charge in [0.15, 0.2) is 0 Å². The smallest absolute Gasteiger partial charge is 0.249 e. The van der Waals surface area contributed by atoms with E-state index in [1.807, 2.05) is 0 Å². The van der Waals surface area contributed by atoms with Crippen LogP contribution in [0.25, 0.3) is 0 Å². The summed E-state index contributed by atoms with van der Waals surface area (Å²) in [5.74, 6) is -0.245. The van der Waals surface area contributed by atoms with Crippen molar-refractivity contribution in [3.05, 3.63) is 0 Å². The van der Waals surface area contributed by atoms with Gasteiger partial charge in [-0.2, -0.15) is 0 Å². The summed E-state index contributed by atoms with van der Waals surface area (Å²) in [4.78, 5) is 11.3. The van der Waals surface area contributed by atoms with Gasteiger partial charge in [0.05, 0.1) is 19.3 Å². The number of ether oxygens (including phenoxy) is 1. The number of hydrogen-bond acceptors (Lipinski definition) is 4. The van der Waals surface area contributed by atoms with Gasteiger partial charge < -0.3 is 20.3 Å². The fourth-order valence-electron chi connectivity index (χ4n) is 1.23. The Morgan fingerprint density at radius 2 is 2.23 bits per heavy atom. The summed E-state index contributed by atoms with van der Waals surface area (Å²) in [7, 11) is 0. The summed E-state index contributed by atoms with van der Waals surface area (Å²) in [5.41, 5.74) is 0. The van der Waals surface area contributed by atoms with Crippen LogP contribution in [0.2, 0.25) is 0 Å². The predicted octanol–water partition coefficient (Wildman–Crippen LogP) is -1.37. The molecule has 1 fully saturated rings. The van der Waals surface area contributed by atoms with E-state index >= 15 is 0 Å². The highest BCUT2D eigenvalue weighted by Crippen LogP contribution is 2.11. The molecule has 1 rings (SSSR count). The minimum absolute atomic E-state index is 0.245. The summed E-state index contributed by atoms with van der Waals surface area (Å²) in [6.07, 6.45) is 1.21. The Morgan fingerprint density at radius 1 is 1.54 bits per heavy atom. The number of carbonyl (C=O) groups excluding carboxylic acids is 1. The second-order valence-corrected chi connectivity index (χ2v) is 3.07. The van der Waals surface area contributed by atoms with Crippen molar-refractivity contribution in [2.24, 2.45) is 0 Å². The molecule has 3 N–H and O–H groups in total. The monoisotopic (exact) mass is 189 g/mol. The van der Waals surface area contributed by atoms with Crippen molar-refractivity contribution in [2.45, 2.75) is 25.0 Å². The summed E-state index contributed by atoms with van der Waals surface area (Å²) in [6.45, 7) is 0.102. The maximum Gasteiger partial charge on any atom is 0.249 e. The Bertz CT molecular complexity index is 164. The van der Waals surface area contributed by atoms with Crippen molar-refractivity contribution in [1.82, 2.24) is 5.32 Å². The van der Waals surface area contributed by atoms with Gasteiger partial charge in [-0.1, -0.05) is 0 Å². The van der Waals surface area contributed by atoms with Crippen LogP contribution < -0.4 is 5.32 Å². The van der Waals surface area contributed by atoms with Crippen LogP contribution in [0.4, 0.5) is 0 Å². The Labute approximate surface area is 76.7 Å². The molecule has 1 heterocycles. The summed E-state index contributed by atoms with van der Waals surface area (Å²) in [6, 6.07) is -0.573. The number of rotatable bonds is 4. The zero-order valence-electron chi connectivity index (χ0n) is 7.40. The molecular formula is C8H15NO4. The molecule has 13 heavy (non-hydrogen) atoms. The third-order valence-electron chi connectivity index (χ3n) is 2.01. The van der Waals surface area contributed by atoms with Crippen LogP contribution >= 0.6 is 0 Å². The number of nitrogens with one attached hydrogen (secondary N) is 1. The largest absolute Gasteiger partial charge is 0.394 e. The van der Waals surface area contributed by atoms with Crippen molar-refractivity contribution in [3.8, 4) is 0 Å². The minimum Gasteiger partial charge on any atom is -0.394 e. The lowest BCUT2D eigenvalue weighted by molar-refractivity contribution is -0.131. The molecule has 5 heteroatoms. The van der Waals surface area contributed by atoms with Gasteiger partial charge in [-0.25, -0.2) is 0 Å². The summed E-state index contributed by atoms with van der Waals surface area (Å²) >= 11 is 0. The molecule has 1 aliphatic rings. The SMILES string of the molecule is O=C(NC(CO)CO)[C@H]1CCCO1. The van der Waals surface area contributed by atoms with E-state index in [4.69, 9.17) is 14.9 Å². The molecule has 1 aliphatic heterocycles. The molecule has 0 aromatic carbocycles. The third-order valence-corrected chi connectivity index (χ3v) is 2.01. The van der Waals surface area contributed by atoms with Crippen LogP contribution in [-0.2, 0) is 9.53 Å². The molecule has 0 aromatic rings. The van der Waals surface area contributed by atoms with Gasteiger partial charge in [0.25, 0.3) is 0 Å². The molecule has 0 aromatic heterocycles. The zero-order valence-corrected chi connectivity index (χ0v) is 7.40. The van der Waals surface area contributed by atoms with Gasteiger partial charge in [-0.3, -0.25) is 4.79 Å². The van der Waals surface area contributed by atoms with Crippen molar-refractivity contribution in [2.75, 3.05) is 19.8 Å². The van der Waals surface area contributed by atoms with Crippen molar-refractivity contribution < 1.29 is 19.7 Å². The topological polar surface area (TPSA) is 78.8 Å². The third kappa shape index (κ3) is 2.95. The molecule has 5 nitrogen and oxygen atoms in total. The Kier molecular flexibility index (Phi) is 4.14. The Morgan fingerprint density at radius 3 is 2.69 bits per heavy atom. The first-order valence-electron chi connectivity index (χ1n) is 4.41. The van der Waals surface area contributed by atoms with Gasteiger partial charge in [-0.15, -0.1) is 0 Å². The van der Waals surface area contributed by atoms with E-state index in [0.29, 0.717) is 6.61 Å². The van der Waals surface area contributed by atoms with Crippen LogP contribution in [0.5, 0.6) is 0 Å². The van der Waals surface area contributed by atoms with Crippen LogP contribution in [0.15, 0.2) is 0 Å². The number of aliphatic hydroxyl groups excluding tert-OH is 2. The average molecular weight is 189 g/mol. The van der Waals surface area contributed by atoms with E-state index in [1.165, 1.54) is 0 Å². The van der Waals surface area contributed by atoms with E-state index in [9.17, 15) is 4.79 Å². The van der Waals surface area contributed by atoms with Crippen molar-refractivity contribution in [3.63, 3.8) is 0 Å². The Balaban J connectivity index is 2.30. The van der Waals surface area contributed by atoms with Gasteiger partial charge in [-0.05, 0) is 12.8 Å². The number of amides is 1. The highest BCUT2D eigenvalue weighted by molar-refractivity contribution is 5.81. The normalized spacial score (nSPS) is 22.2. The number of carbonyl (C=O) groups is 1. The van der Waals surface area contributed by atoms with E-state index in [1.54, 1.807) is 0 Å². The Hall–Kier alpha value is -0.650. The van der Waals surface area contributed by atoms with E-state index in [0.717, 1.165) is 12.8 Å². The van der Waals surface area contributed by atoms with Gasteiger partial charge in [0.2, 0.25) is 5.91 Å². The fourth-order valence-corrected chi connectivity index (χ4v) is 1.23. The van der Waals surface area contributed by atoms with E-state index in [-0.39, 0.29) is 19.1 Å². The molecule has 0 unspecified atom stereocenters. The van der Waals surface area contributed by atoms with Crippen molar-refractivity contribution in [1.29, 1.82) is 0 Å². The second-order valence-electron chi connectivity index (χ2n) is 3.07. The van der Waals surface area contributed by atoms with Crippen molar-refractivity contribution >= 4 is 5.91 Å². The molecule has 1 saturated heterocycles. The highest BCUT2D eigenvalue weighted by Gasteiger charge is 2.24. The summed E-state index contributed by atoms with van der Waals surface area (Å²) in [5, 5.41) is 19.9. The van der Waals surface area contributed by atoms with Gasteiger partial charge in [0, 0.05) is 6.61 Å². The van der Waals surface area contributed by atoms with Crippen LogP contribution in [0.3, 0.4) is 0 Å². The zero-order chi connectivity index (χ0) is 9.68. The maximum atomic E-state index is 11.3. The van der Waals surface area contributed by atoms with E-state index < -0.39 is 12.1 Å². The highest BCUT2D eigenvalue weighted by atomic mass is 16.5. The quantitative estimate of drug-likeness (QED) is 0.510. The molecule has 0 spiro atoms. The van der Waals surface area contributed by atoms with Gasteiger partial charge in [0.1, 0.15) is 6.10 Å². The molecule has 0 aliphatic carbocycles. The molecule has 0 radical (unpaired) electrons. The van der Waals surface area contributed by atoms with Crippen LogP contribution in [0, 0.1) is 0 Å². The van der Waals surface area contributed by atoms with Crippen LogP contribution in [-0.4, -0.2) is 48.1 Å². The number of aliphatic hydroxyl groups is 2. The molecule has 76 valence electrons. The molecule has 0 saturated carbocycles. The lowest BCUT2D eigenvalue weighted by atomic mass is 10.2. The lowest BCUT2D eigenvalue weighted by Crippen LogP contribution is -2.44. The summed E-state index contributed by atoms with van der Waals surface area (Å²) < 4.78 is 5.13. The first-order chi connectivity index (χ1) is 6.27. The molecule has 1 amide bonds. The molecule has 1 atom stereocenters. The fraction of sp³-hybridized carbons (Fsp3) is 0.875. The maximum absolute atomic E-state index is 11.3. The predicted molar refractivity (Wildman–Crippen MR) is 45.1 cm³/mol. The molecule has 0 bridgehead atoms. The first-order valence-corrected chi connectivity index (χ1v) is 4.41.